The molecule has 0 saturated heterocycles. The van der Waals surface area contributed by atoms with Crippen molar-refractivity contribution >= 4 is 11.9 Å². The molecule has 1 heterocycles. The van der Waals surface area contributed by atoms with Crippen LogP contribution in [0.3, 0.4) is 0 Å². The van der Waals surface area contributed by atoms with Gasteiger partial charge in [-0.25, -0.2) is 9.97 Å². The lowest BCUT2D eigenvalue weighted by Crippen LogP contribution is -2.53. The Morgan fingerprint density at radius 1 is 1.22 bits per heavy atom. The van der Waals surface area contributed by atoms with E-state index in [0.29, 0.717) is 5.95 Å². The molecule has 1 aromatic heterocycles. The number of aromatic nitrogens is 2. The van der Waals surface area contributed by atoms with Crippen molar-refractivity contribution in [2.24, 2.45) is 0 Å². The first kappa shape index (κ1) is 12.8. The molecule has 0 atom stereocenters. The Hall–Kier alpha value is -1.65. The van der Waals surface area contributed by atoms with E-state index in [0.717, 1.165) is 25.7 Å². The van der Waals surface area contributed by atoms with Crippen LogP contribution in [0.4, 0.5) is 5.95 Å². The highest BCUT2D eigenvalue weighted by atomic mass is 16.2. The normalized spacial score (nSPS) is 18.1. The number of carbonyl (C=O) groups excluding carboxylic acids is 1. The summed E-state index contributed by atoms with van der Waals surface area (Å²) in [6.07, 6.45) is 8.40. The van der Waals surface area contributed by atoms with Crippen LogP contribution in [0.25, 0.3) is 0 Å². The molecule has 2 rings (SSSR count). The number of nitrogens with zero attached hydrogens (tertiary/aromatic N) is 3. The fourth-order valence-electron chi connectivity index (χ4n) is 2.55. The van der Waals surface area contributed by atoms with Crippen molar-refractivity contribution in [3.8, 4) is 0 Å². The molecule has 1 aliphatic rings. The summed E-state index contributed by atoms with van der Waals surface area (Å²) in [5.74, 6) is 0.657. The summed E-state index contributed by atoms with van der Waals surface area (Å²) >= 11 is 0. The van der Waals surface area contributed by atoms with Gasteiger partial charge in [0.05, 0.1) is 0 Å². The minimum absolute atomic E-state index is 0.120. The third-order valence-corrected chi connectivity index (χ3v) is 3.44. The second-order valence-corrected chi connectivity index (χ2v) is 5.04. The molecule has 1 aromatic rings. The van der Waals surface area contributed by atoms with E-state index >= 15 is 0 Å². The van der Waals surface area contributed by atoms with E-state index in [9.17, 15) is 4.79 Å². The number of amides is 1. The number of likely N-dealkylation sites (N-methyl/N-ethyl adjacent to an activating group) is 1. The monoisotopic (exact) mass is 248 g/mol. The zero-order valence-corrected chi connectivity index (χ0v) is 11.0. The highest BCUT2D eigenvalue weighted by Gasteiger charge is 2.41. The smallest absolute Gasteiger partial charge is 0.247 e. The van der Waals surface area contributed by atoms with E-state index in [2.05, 4.69) is 15.3 Å². The summed E-state index contributed by atoms with van der Waals surface area (Å²) in [7, 11) is 3.60. The zero-order chi connectivity index (χ0) is 13.0. The third kappa shape index (κ3) is 2.60. The third-order valence-electron chi connectivity index (χ3n) is 3.44. The molecular formula is C13H20N4O. The number of carbonyl (C=O) groups is 1. The Morgan fingerprint density at radius 2 is 1.83 bits per heavy atom. The molecule has 0 bridgehead atoms. The van der Waals surface area contributed by atoms with E-state index < -0.39 is 5.54 Å². The van der Waals surface area contributed by atoms with Crippen LogP contribution in [0, 0.1) is 0 Å². The summed E-state index contributed by atoms with van der Waals surface area (Å²) in [5.41, 5.74) is -0.525. The van der Waals surface area contributed by atoms with Gasteiger partial charge in [0.25, 0.3) is 0 Å². The van der Waals surface area contributed by atoms with Crippen molar-refractivity contribution in [1.29, 1.82) is 0 Å². The Kier molecular flexibility index (Phi) is 3.79. The summed E-state index contributed by atoms with van der Waals surface area (Å²) in [4.78, 5) is 22.4. The first-order chi connectivity index (χ1) is 8.64. The van der Waals surface area contributed by atoms with Crippen LogP contribution in [-0.4, -0.2) is 40.4 Å². The second-order valence-electron chi connectivity index (χ2n) is 5.04. The SMILES string of the molecule is CN(C)C(=O)C1(Nc2ncccn2)CCCCC1. The molecule has 5 nitrogen and oxygen atoms in total. The quantitative estimate of drug-likeness (QED) is 0.884. The molecule has 0 unspecified atom stereocenters. The maximum absolute atomic E-state index is 12.4. The average Bonchev–Trinajstić information content (AvgIpc) is 2.40. The van der Waals surface area contributed by atoms with E-state index in [1.165, 1.54) is 6.42 Å². The van der Waals surface area contributed by atoms with Gasteiger partial charge >= 0.3 is 0 Å². The van der Waals surface area contributed by atoms with Crippen LogP contribution in [0.15, 0.2) is 18.5 Å². The molecule has 0 aliphatic heterocycles. The van der Waals surface area contributed by atoms with Crippen LogP contribution in [-0.2, 0) is 4.79 Å². The molecule has 1 saturated carbocycles. The first-order valence-electron chi connectivity index (χ1n) is 6.41. The lowest BCUT2D eigenvalue weighted by atomic mass is 9.80. The Balaban J connectivity index is 2.22. The number of anilines is 1. The molecule has 0 aromatic carbocycles. The number of hydrogen-bond acceptors (Lipinski definition) is 4. The molecular weight excluding hydrogens is 228 g/mol. The minimum Gasteiger partial charge on any atom is -0.347 e. The highest BCUT2D eigenvalue weighted by Crippen LogP contribution is 2.32. The van der Waals surface area contributed by atoms with E-state index in [1.54, 1.807) is 37.5 Å². The lowest BCUT2D eigenvalue weighted by molar-refractivity contribution is -0.134. The zero-order valence-electron chi connectivity index (χ0n) is 11.0. The molecule has 1 fully saturated rings. The molecule has 18 heavy (non-hydrogen) atoms. The fourth-order valence-corrected chi connectivity index (χ4v) is 2.55. The summed E-state index contributed by atoms with van der Waals surface area (Å²) in [5, 5.41) is 3.26. The van der Waals surface area contributed by atoms with Crippen molar-refractivity contribution in [2.75, 3.05) is 19.4 Å². The molecule has 0 spiro atoms. The summed E-state index contributed by atoms with van der Waals surface area (Å²) in [6, 6.07) is 1.77. The topological polar surface area (TPSA) is 58.1 Å². The van der Waals surface area contributed by atoms with Crippen molar-refractivity contribution < 1.29 is 4.79 Å². The van der Waals surface area contributed by atoms with Gasteiger partial charge in [-0.15, -0.1) is 0 Å². The number of rotatable bonds is 3. The van der Waals surface area contributed by atoms with Crippen molar-refractivity contribution in [3.63, 3.8) is 0 Å². The van der Waals surface area contributed by atoms with Crippen molar-refractivity contribution in [2.45, 2.75) is 37.6 Å². The van der Waals surface area contributed by atoms with E-state index in [-0.39, 0.29) is 5.91 Å². The van der Waals surface area contributed by atoms with Gasteiger partial charge in [0.2, 0.25) is 11.9 Å². The maximum Gasteiger partial charge on any atom is 0.247 e. The van der Waals surface area contributed by atoms with Crippen LogP contribution in [0.2, 0.25) is 0 Å². The Morgan fingerprint density at radius 3 is 2.39 bits per heavy atom. The van der Waals surface area contributed by atoms with Gasteiger partial charge in [0.1, 0.15) is 5.54 Å². The maximum atomic E-state index is 12.4. The first-order valence-corrected chi connectivity index (χ1v) is 6.41. The highest BCUT2D eigenvalue weighted by molar-refractivity contribution is 5.88. The number of nitrogens with one attached hydrogen (secondary N) is 1. The van der Waals surface area contributed by atoms with Crippen LogP contribution >= 0.6 is 0 Å². The van der Waals surface area contributed by atoms with Crippen molar-refractivity contribution in [1.82, 2.24) is 14.9 Å². The van der Waals surface area contributed by atoms with Gasteiger partial charge in [-0.1, -0.05) is 19.3 Å². The molecule has 0 radical (unpaired) electrons. The minimum atomic E-state index is -0.525. The summed E-state index contributed by atoms with van der Waals surface area (Å²) in [6.45, 7) is 0. The second kappa shape index (κ2) is 5.33. The molecule has 1 amide bonds. The number of hydrogen-bond donors (Lipinski definition) is 1. The largest absolute Gasteiger partial charge is 0.347 e. The fraction of sp³-hybridized carbons (Fsp3) is 0.615. The molecule has 5 heteroatoms. The Labute approximate surface area is 108 Å². The van der Waals surface area contributed by atoms with Gasteiger partial charge in [0, 0.05) is 26.5 Å². The average molecular weight is 248 g/mol. The molecule has 1 N–H and O–H groups in total. The van der Waals surface area contributed by atoms with E-state index in [4.69, 9.17) is 0 Å². The molecule has 98 valence electrons. The van der Waals surface area contributed by atoms with Crippen LogP contribution < -0.4 is 5.32 Å². The lowest BCUT2D eigenvalue weighted by Gasteiger charge is -2.38. The van der Waals surface area contributed by atoms with Gasteiger partial charge in [-0.05, 0) is 18.9 Å². The van der Waals surface area contributed by atoms with E-state index in [1.807, 2.05) is 0 Å². The van der Waals surface area contributed by atoms with Gasteiger partial charge in [-0.3, -0.25) is 4.79 Å². The predicted octanol–water partition coefficient (Wildman–Crippen LogP) is 1.68. The molecule has 1 aliphatic carbocycles. The van der Waals surface area contributed by atoms with Crippen LogP contribution in [0.5, 0.6) is 0 Å². The van der Waals surface area contributed by atoms with Gasteiger partial charge in [-0.2, -0.15) is 0 Å². The standard InChI is InChI=1S/C13H20N4O/c1-17(2)11(18)13(7-4-3-5-8-13)16-12-14-9-6-10-15-12/h6,9-10H,3-5,7-8H2,1-2H3,(H,14,15,16). The van der Waals surface area contributed by atoms with Crippen molar-refractivity contribution in [3.05, 3.63) is 18.5 Å². The van der Waals surface area contributed by atoms with Crippen LogP contribution in [0.1, 0.15) is 32.1 Å². The van der Waals surface area contributed by atoms with Gasteiger partial charge < -0.3 is 10.2 Å². The van der Waals surface area contributed by atoms with Gasteiger partial charge in [0.15, 0.2) is 0 Å². The summed E-state index contributed by atoms with van der Waals surface area (Å²) < 4.78 is 0. The Bertz CT molecular complexity index is 399. The predicted molar refractivity (Wildman–Crippen MR) is 70.2 cm³/mol.